The smallest absolute Gasteiger partial charge is 0.243 e. The Hall–Kier alpha value is -1.96. The van der Waals surface area contributed by atoms with Crippen molar-refractivity contribution >= 4 is 44.8 Å². The van der Waals surface area contributed by atoms with E-state index in [1.54, 1.807) is 6.07 Å². The van der Waals surface area contributed by atoms with Crippen molar-refractivity contribution in [1.82, 2.24) is 5.32 Å². The molecule has 1 atom stereocenters. The quantitative estimate of drug-likeness (QED) is 0.607. The van der Waals surface area contributed by atoms with Crippen LogP contribution in [0.3, 0.4) is 0 Å². The summed E-state index contributed by atoms with van der Waals surface area (Å²) >= 11 is 12.1. The van der Waals surface area contributed by atoms with Gasteiger partial charge >= 0.3 is 0 Å². The molecule has 0 aliphatic heterocycles. The Bertz CT molecular complexity index is 996. The summed E-state index contributed by atoms with van der Waals surface area (Å²) in [5.74, 6) is 0.261. The molecule has 1 N–H and O–H groups in total. The summed E-state index contributed by atoms with van der Waals surface area (Å²) in [4.78, 5) is 12.6. The molecule has 158 valence electrons. The van der Waals surface area contributed by atoms with Crippen molar-refractivity contribution in [3.63, 3.8) is 0 Å². The van der Waals surface area contributed by atoms with Crippen LogP contribution in [0.1, 0.15) is 18.1 Å². The van der Waals surface area contributed by atoms with Crippen molar-refractivity contribution in [3.05, 3.63) is 57.6 Å². The fourth-order valence-electron chi connectivity index (χ4n) is 2.88. The number of benzene rings is 2. The molecule has 0 saturated carbocycles. The number of rotatable bonds is 8. The number of ether oxygens (including phenoxy) is 1. The van der Waals surface area contributed by atoms with Gasteiger partial charge in [0.2, 0.25) is 15.9 Å². The average molecular weight is 459 g/mol. The molecule has 1 amide bonds. The van der Waals surface area contributed by atoms with E-state index in [1.165, 1.54) is 19.1 Å². The number of nitrogens with zero attached hydrogens (tertiary/aromatic N) is 1. The summed E-state index contributed by atoms with van der Waals surface area (Å²) in [7, 11) is -3.79. The van der Waals surface area contributed by atoms with E-state index in [-0.39, 0.29) is 23.9 Å². The maximum absolute atomic E-state index is 12.6. The average Bonchev–Trinajstić information content (AvgIpc) is 2.61. The van der Waals surface area contributed by atoms with E-state index < -0.39 is 22.0 Å². The van der Waals surface area contributed by atoms with E-state index in [0.717, 1.165) is 27.4 Å². The van der Waals surface area contributed by atoms with Gasteiger partial charge in [-0.1, -0.05) is 40.9 Å². The van der Waals surface area contributed by atoms with Gasteiger partial charge in [0.05, 0.1) is 23.5 Å². The molecule has 0 saturated heterocycles. The Labute approximate surface area is 181 Å². The lowest BCUT2D eigenvalue weighted by Crippen LogP contribution is -2.48. The zero-order chi connectivity index (χ0) is 21.8. The lowest BCUT2D eigenvalue weighted by molar-refractivity contribution is -0.121. The molecule has 9 heteroatoms. The van der Waals surface area contributed by atoms with Gasteiger partial charge in [-0.2, -0.15) is 0 Å². The van der Waals surface area contributed by atoms with E-state index in [1.807, 2.05) is 32.0 Å². The summed E-state index contributed by atoms with van der Waals surface area (Å²) in [6, 6.07) is 9.25. The normalized spacial score (nSPS) is 12.3. The molecule has 0 aliphatic carbocycles. The third-order valence-corrected chi connectivity index (χ3v) is 6.01. The van der Waals surface area contributed by atoms with Crippen LogP contribution in [0.5, 0.6) is 5.75 Å². The van der Waals surface area contributed by atoms with Gasteiger partial charge in [-0.25, -0.2) is 8.42 Å². The van der Waals surface area contributed by atoms with Gasteiger partial charge < -0.3 is 10.1 Å². The number of carbonyl (C=O) groups is 1. The molecule has 2 rings (SSSR count). The maximum atomic E-state index is 12.6. The lowest BCUT2D eigenvalue weighted by Gasteiger charge is -2.29. The third-order valence-electron chi connectivity index (χ3n) is 4.22. The molecule has 2 aromatic carbocycles. The van der Waals surface area contributed by atoms with Crippen LogP contribution >= 0.6 is 23.2 Å². The monoisotopic (exact) mass is 458 g/mol. The van der Waals surface area contributed by atoms with Gasteiger partial charge in [-0.05, 0) is 50.6 Å². The second-order valence-electron chi connectivity index (χ2n) is 6.74. The second kappa shape index (κ2) is 9.69. The number of hydrogen-bond acceptors (Lipinski definition) is 4. The predicted molar refractivity (Wildman–Crippen MR) is 118 cm³/mol. The van der Waals surface area contributed by atoms with Crippen molar-refractivity contribution < 1.29 is 17.9 Å². The Morgan fingerprint density at radius 2 is 1.86 bits per heavy atom. The molecule has 0 radical (unpaired) electrons. The lowest BCUT2D eigenvalue weighted by atomic mass is 10.1. The first kappa shape index (κ1) is 23.3. The standard InChI is InChI=1S/C20H24Cl2N2O4S/c1-13-5-8-19(14(2)11-13)28-10-9-23-20(25)15(3)24(29(4,26)27)18-12-16(21)6-7-17(18)22/h5-8,11-12,15H,9-10H2,1-4H3,(H,23,25)/t15-/m1/s1. The number of amides is 1. The Morgan fingerprint density at radius 1 is 1.17 bits per heavy atom. The maximum Gasteiger partial charge on any atom is 0.243 e. The van der Waals surface area contributed by atoms with Crippen LogP contribution in [0.15, 0.2) is 36.4 Å². The highest BCUT2D eigenvalue weighted by molar-refractivity contribution is 7.92. The number of aryl methyl sites for hydroxylation is 2. The van der Waals surface area contributed by atoms with Gasteiger partial charge in [0.1, 0.15) is 18.4 Å². The fraction of sp³-hybridized carbons (Fsp3) is 0.350. The minimum absolute atomic E-state index is 0.149. The topological polar surface area (TPSA) is 75.7 Å². The van der Waals surface area contributed by atoms with E-state index in [9.17, 15) is 13.2 Å². The fourth-order valence-corrected chi connectivity index (χ4v) is 4.48. The summed E-state index contributed by atoms with van der Waals surface area (Å²) in [6.07, 6.45) is 1.01. The molecule has 29 heavy (non-hydrogen) atoms. The predicted octanol–water partition coefficient (Wildman–Crippen LogP) is 3.96. The molecule has 6 nitrogen and oxygen atoms in total. The molecule has 0 heterocycles. The highest BCUT2D eigenvalue weighted by Crippen LogP contribution is 2.32. The van der Waals surface area contributed by atoms with Crippen LogP contribution in [0.4, 0.5) is 5.69 Å². The highest BCUT2D eigenvalue weighted by Gasteiger charge is 2.30. The second-order valence-corrected chi connectivity index (χ2v) is 9.44. The molecule has 0 bridgehead atoms. The van der Waals surface area contributed by atoms with Crippen LogP contribution in [0.2, 0.25) is 10.0 Å². The summed E-state index contributed by atoms with van der Waals surface area (Å²) in [5, 5.41) is 3.18. The van der Waals surface area contributed by atoms with Gasteiger partial charge in [-0.15, -0.1) is 0 Å². The van der Waals surface area contributed by atoms with Crippen LogP contribution in [-0.2, 0) is 14.8 Å². The minimum Gasteiger partial charge on any atom is -0.491 e. The third kappa shape index (κ3) is 6.26. The SMILES string of the molecule is Cc1ccc(OCCNC(=O)[C@@H](C)N(c2cc(Cl)ccc2Cl)S(C)(=O)=O)c(C)c1. The van der Waals surface area contributed by atoms with E-state index in [0.29, 0.717) is 5.02 Å². The van der Waals surface area contributed by atoms with Crippen LogP contribution in [-0.4, -0.2) is 39.8 Å². The first-order valence-corrected chi connectivity index (χ1v) is 11.5. The molecular weight excluding hydrogens is 435 g/mol. The van der Waals surface area contributed by atoms with Crippen molar-refractivity contribution in [3.8, 4) is 5.75 Å². The molecule has 0 unspecified atom stereocenters. The van der Waals surface area contributed by atoms with Crippen molar-refractivity contribution in [1.29, 1.82) is 0 Å². The molecule has 0 fully saturated rings. The number of nitrogens with one attached hydrogen (secondary N) is 1. The van der Waals surface area contributed by atoms with Gasteiger partial charge in [0.25, 0.3) is 0 Å². The molecule has 0 spiro atoms. The van der Waals surface area contributed by atoms with Crippen LogP contribution in [0, 0.1) is 13.8 Å². The number of hydrogen-bond donors (Lipinski definition) is 1. The minimum atomic E-state index is -3.79. The summed E-state index contributed by atoms with van der Waals surface area (Å²) < 4.78 is 31.3. The molecule has 2 aromatic rings. The van der Waals surface area contributed by atoms with Gasteiger partial charge in [0.15, 0.2) is 0 Å². The largest absolute Gasteiger partial charge is 0.491 e. The molecular formula is C20H24Cl2N2O4S. The first-order valence-electron chi connectivity index (χ1n) is 8.93. The number of carbonyl (C=O) groups excluding carboxylic acids is 1. The zero-order valence-electron chi connectivity index (χ0n) is 16.7. The summed E-state index contributed by atoms with van der Waals surface area (Å²) in [6.45, 7) is 5.90. The van der Waals surface area contributed by atoms with Gasteiger partial charge in [0, 0.05) is 5.02 Å². The van der Waals surface area contributed by atoms with Crippen LogP contribution in [0.25, 0.3) is 0 Å². The Morgan fingerprint density at radius 3 is 2.48 bits per heavy atom. The van der Waals surface area contributed by atoms with Crippen molar-refractivity contribution in [2.75, 3.05) is 23.7 Å². The highest BCUT2D eigenvalue weighted by atomic mass is 35.5. The first-order chi connectivity index (χ1) is 13.5. The Balaban J connectivity index is 2.05. The van der Waals surface area contributed by atoms with Crippen molar-refractivity contribution in [2.45, 2.75) is 26.8 Å². The molecule has 0 aromatic heterocycles. The van der Waals surface area contributed by atoms with E-state index in [4.69, 9.17) is 27.9 Å². The number of anilines is 1. The van der Waals surface area contributed by atoms with E-state index in [2.05, 4.69) is 5.32 Å². The van der Waals surface area contributed by atoms with Crippen LogP contribution < -0.4 is 14.4 Å². The van der Waals surface area contributed by atoms with Crippen molar-refractivity contribution in [2.24, 2.45) is 0 Å². The van der Waals surface area contributed by atoms with E-state index >= 15 is 0 Å². The van der Waals surface area contributed by atoms with Gasteiger partial charge in [-0.3, -0.25) is 9.10 Å². The summed E-state index contributed by atoms with van der Waals surface area (Å²) in [5.41, 5.74) is 2.29. The number of halogens is 2. The number of sulfonamides is 1. The Kier molecular flexibility index (Phi) is 7.80. The molecule has 0 aliphatic rings. The zero-order valence-corrected chi connectivity index (χ0v) is 19.0.